The molecule has 1 aromatic heterocycles. The summed E-state index contributed by atoms with van der Waals surface area (Å²) in [6.07, 6.45) is 0. The summed E-state index contributed by atoms with van der Waals surface area (Å²) >= 11 is 0. The minimum absolute atomic E-state index is 0. The molecule has 0 aliphatic rings. The number of aliphatic imine (C=N–C) groups is 1. The summed E-state index contributed by atoms with van der Waals surface area (Å²) < 4.78 is 5.36. The van der Waals surface area contributed by atoms with Gasteiger partial charge < -0.3 is 15.2 Å². The van der Waals surface area contributed by atoms with Crippen molar-refractivity contribution in [3.8, 4) is 11.3 Å². The van der Waals surface area contributed by atoms with Gasteiger partial charge in [-0.05, 0) is 20.8 Å². The van der Waals surface area contributed by atoms with Crippen molar-refractivity contribution < 1.29 is 4.52 Å². The normalized spacial score (nSPS) is 11.2. The average molecular weight is 414 g/mol. The third-order valence-electron chi connectivity index (χ3n) is 2.79. The van der Waals surface area contributed by atoms with E-state index in [1.54, 1.807) is 0 Å². The lowest BCUT2D eigenvalue weighted by molar-refractivity contribution is 0.424. The number of halogens is 1. The van der Waals surface area contributed by atoms with Crippen LogP contribution in [0.4, 0.5) is 0 Å². The van der Waals surface area contributed by atoms with Crippen molar-refractivity contribution in [2.75, 3.05) is 6.54 Å². The highest BCUT2D eigenvalue weighted by atomic mass is 127. The van der Waals surface area contributed by atoms with Gasteiger partial charge in [-0.2, -0.15) is 0 Å². The molecule has 0 fully saturated rings. The monoisotopic (exact) mass is 414 g/mol. The molecule has 2 rings (SSSR count). The van der Waals surface area contributed by atoms with E-state index in [0.717, 1.165) is 29.5 Å². The van der Waals surface area contributed by atoms with Crippen LogP contribution in [0.15, 0.2) is 45.9 Å². The van der Waals surface area contributed by atoms with Crippen LogP contribution < -0.4 is 10.6 Å². The maximum absolute atomic E-state index is 5.36. The largest absolute Gasteiger partial charge is 0.357 e. The van der Waals surface area contributed by atoms with Gasteiger partial charge in [-0.3, -0.25) is 0 Å². The van der Waals surface area contributed by atoms with Gasteiger partial charge in [0.1, 0.15) is 5.69 Å². The molecule has 0 amide bonds. The second kappa shape index (κ2) is 9.45. The summed E-state index contributed by atoms with van der Waals surface area (Å²) in [5.74, 6) is 1.55. The van der Waals surface area contributed by atoms with Gasteiger partial charge in [0, 0.05) is 24.2 Å². The Morgan fingerprint density at radius 3 is 2.64 bits per heavy atom. The van der Waals surface area contributed by atoms with Crippen molar-refractivity contribution in [1.82, 2.24) is 15.8 Å². The van der Waals surface area contributed by atoms with Crippen LogP contribution in [-0.4, -0.2) is 23.7 Å². The van der Waals surface area contributed by atoms with E-state index in [1.165, 1.54) is 0 Å². The van der Waals surface area contributed by atoms with E-state index >= 15 is 0 Å². The lowest BCUT2D eigenvalue weighted by atomic mass is 10.2. The molecule has 2 aromatic rings. The van der Waals surface area contributed by atoms with Crippen LogP contribution in [0.1, 0.15) is 26.5 Å². The molecular formula is C16H23IN4O. The van der Waals surface area contributed by atoms with E-state index in [9.17, 15) is 0 Å². The van der Waals surface area contributed by atoms with E-state index in [0.29, 0.717) is 12.6 Å². The molecule has 1 heterocycles. The molecule has 5 nitrogen and oxygen atoms in total. The Bertz CT molecular complexity index is 581. The highest BCUT2D eigenvalue weighted by Crippen LogP contribution is 2.19. The summed E-state index contributed by atoms with van der Waals surface area (Å²) in [5.41, 5.74) is 1.84. The van der Waals surface area contributed by atoms with Crippen LogP contribution in [0, 0.1) is 0 Å². The molecule has 0 spiro atoms. The first kappa shape index (κ1) is 18.5. The fraction of sp³-hybridized carbons (Fsp3) is 0.375. The third-order valence-corrected chi connectivity index (χ3v) is 2.79. The minimum Gasteiger partial charge on any atom is -0.357 e. The van der Waals surface area contributed by atoms with E-state index in [1.807, 2.05) is 43.3 Å². The summed E-state index contributed by atoms with van der Waals surface area (Å²) in [6.45, 7) is 7.51. The Morgan fingerprint density at radius 1 is 1.27 bits per heavy atom. The number of nitrogens with zero attached hydrogens (tertiary/aromatic N) is 2. The standard InChI is InChI=1S/C16H22N4O.HI/c1-4-17-16(19-12(2)3)18-11-14-10-15(21-20-14)13-8-6-5-7-9-13;/h5-10,12H,4,11H2,1-3H3,(H2,17,18,19);1H. The van der Waals surface area contributed by atoms with Crippen LogP contribution in [0.2, 0.25) is 0 Å². The summed E-state index contributed by atoms with van der Waals surface area (Å²) in [5, 5.41) is 10.5. The fourth-order valence-corrected chi connectivity index (χ4v) is 1.88. The van der Waals surface area contributed by atoms with Crippen LogP contribution in [0.25, 0.3) is 11.3 Å². The van der Waals surface area contributed by atoms with Crippen molar-refractivity contribution in [1.29, 1.82) is 0 Å². The van der Waals surface area contributed by atoms with Crippen molar-refractivity contribution in [2.24, 2.45) is 4.99 Å². The van der Waals surface area contributed by atoms with E-state index < -0.39 is 0 Å². The molecule has 0 aliphatic carbocycles. The topological polar surface area (TPSA) is 62.5 Å². The molecule has 2 N–H and O–H groups in total. The molecular weight excluding hydrogens is 391 g/mol. The zero-order valence-corrected chi connectivity index (χ0v) is 15.5. The number of benzene rings is 1. The van der Waals surface area contributed by atoms with Gasteiger partial charge in [0.2, 0.25) is 0 Å². The Morgan fingerprint density at radius 2 is 2.00 bits per heavy atom. The molecule has 120 valence electrons. The molecule has 1 aromatic carbocycles. The van der Waals surface area contributed by atoms with Crippen molar-refractivity contribution in [3.63, 3.8) is 0 Å². The molecule has 22 heavy (non-hydrogen) atoms. The molecule has 0 radical (unpaired) electrons. The molecule has 0 atom stereocenters. The average Bonchev–Trinajstić information content (AvgIpc) is 2.94. The summed E-state index contributed by atoms with van der Waals surface area (Å²) in [6, 6.07) is 12.2. The van der Waals surface area contributed by atoms with Gasteiger partial charge in [0.25, 0.3) is 0 Å². The second-order valence-electron chi connectivity index (χ2n) is 5.04. The van der Waals surface area contributed by atoms with Crippen LogP contribution in [0.3, 0.4) is 0 Å². The molecule has 0 saturated heterocycles. The lowest BCUT2D eigenvalue weighted by Gasteiger charge is -2.13. The zero-order chi connectivity index (χ0) is 15.1. The Kier molecular flexibility index (Phi) is 7.94. The predicted molar refractivity (Wildman–Crippen MR) is 100 cm³/mol. The van der Waals surface area contributed by atoms with Crippen LogP contribution >= 0.6 is 24.0 Å². The molecule has 0 aliphatic heterocycles. The van der Waals surface area contributed by atoms with E-state index in [-0.39, 0.29) is 24.0 Å². The van der Waals surface area contributed by atoms with E-state index in [4.69, 9.17) is 4.52 Å². The Hall–Kier alpha value is -1.57. The van der Waals surface area contributed by atoms with E-state index in [2.05, 4.69) is 34.6 Å². The number of aromatic nitrogens is 1. The van der Waals surface area contributed by atoms with Gasteiger partial charge in [-0.25, -0.2) is 4.99 Å². The summed E-state index contributed by atoms with van der Waals surface area (Å²) in [7, 11) is 0. The smallest absolute Gasteiger partial charge is 0.191 e. The van der Waals surface area contributed by atoms with Gasteiger partial charge >= 0.3 is 0 Å². The van der Waals surface area contributed by atoms with Crippen LogP contribution in [0.5, 0.6) is 0 Å². The van der Waals surface area contributed by atoms with Gasteiger partial charge in [0.05, 0.1) is 6.54 Å². The first-order valence-electron chi connectivity index (χ1n) is 7.25. The maximum Gasteiger partial charge on any atom is 0.191 e. The number of nitrogens with one attached hydrogen (secondary N) is 2. The number of hydrogen-bond donors (Lipinski definition) is 2. The molecule has 0 bridgehead atoms. The van der Waals surface area contributed by atoms with Crippen molar-refractivity contribution >= 4 is 29.9 Å². The van der Waals surface area contributed by atoms with Crippen molar-refractivity contribution in [2.45, 2.75) is 33.4 Å². The third kappa shape index (κ3) is 5.67. The maximum atomic E-state index is 5.36. The lowest BCUT2D eigenvalue weighted by Crippen LogP contribution is -2.41. The molecule has 0 saturated carbocycles. The first-order chi connectivity index (χ1) is 10.2. The highest BCUT2D eigenvalue weighted by Gasteiger charge is 2.06. The quantitative estimate of drug-likeness (QED) is 0.447. The Labute approximate surface area is 148 Å². The number of hydrogen-bond acceptors (Lipinski definition) is 3. The molecule has 0 unspecified atom stereocenters. The zero-order valence-electron chi connectivity index (χ0n) is 13.2. The molecule has 6 heteroatoms. The summed E-state index contributed by atoms with van der Waals surface area (Å²) in [4.78, 5) is 4.50. The Balaban J connectivity index is 0.00000242. The van der Waals surface area contributed by atoms with Crippen LogP contribution in [-0.2, 0) is 6.54 Å². The fourth-order valence-electron chi connectivity index (χ4n) is 1.88. The van der Waals surface area contributed by atoms with Gasteiger partial charge in [-0.15, -0.1) is 24.0 Å². The second-order valence-corrected chi connectivity index (χ2v) is 5.04. The minimum atomic E-state index is 0. The SMILES string of the molecule is CCNC(=NCc1cc(-c2ccccc2)on1)NC(C)C.I. The first-order valence-corrected chi connectivity index (χ1v) is 7.25. The number of guanidine groups is 1. The van der Waals surface area contributed by atoms with Crippen molar-refractivity contribution in [3.05, 3.63) is 42.1 Å². The van der Waals surface area contributed by atoms with Gasteiger partial charge in [-0.1, -0.05) is 35.5 Å². The highest BCUT2D eigenvalue weighted by molar-refractivity contribution is 14.0. The number of rotatable bonds is 5. The predicted octanol–water partition coefficient (Wildman–Crippen LogP) is 3.42. The van der Waals surface area contributed by atoms with Gasteiger partial charge in [0.15, 0.2) is 11.7 Å².